The Morgan fingerprint density at radius 1 is 0.963 bits per heavy atom. The Morgan fingerprint density at radius 3 is 2.41 bits per heavy atom. The Morgan fingerprint density at radius 2 is 1.67 bits per heavy atom. The van der Waals surface area contributed by atoms with Crippen LogP contribution >= 0.6 is 0 Å². The van der Waals surface area contributed by atoms with Gasteiger partial charge in [0, 0.05) is 22.8 Å². The Kier molecular flexibility index (Phi) is 4.27. The zero-order valence-electron chi connectivity index (χ0n) is 15.5. The Bertz CT molecular complexity index is 1060. The van der Waals surface area contributed by atoms with Gasteiger partial charge in [0.2, 0.25) is 12.5 Å². The van der Waals surface area contributed by atoms with Gasteiger partial charge in [-0.05, 0) is 36.8 Å². The Balaban J connectivity index is 0.00000180. The summed E-state index contributed by atoms with van der Waals surface area (Å²) in [5.74, 6) is 3.17. The molecular formula is C21H20ClNO4. The Hall–Kier alpha value is -2.66. The normalized spacial score (nSPS) is 13.6. The molecule has 0 radical (unpaired) electrons. The second kappa shape index (κ2) is 6.50. The van der Waals surface area contributed by atoms with Crippen LogP contribution < -0.4 is 35.9 Å². The molecule has 6 heteroatoms. The highest BCUT2D eigenvalue weighted by molar-refractivity contribution is 5.91. The molecule has 5 rings (SSSR count). The first-order chi connectivity index (χ1) is 12.7. The molecule has 3 aromatic rings. The van der Waals surface area contributed by atoms with E-state index in [2.05, 4.69) is 35.9 Å². The smallest absolute Gasteiger partial charge is 0.231 e. The van der Waals surface area contributed by atoms with E-state index in [1.54, 1.807) is 14.2 Å². The number of nitrogens with zero attached hydrogens (tertiary/aromatic N) is 1. The SMILES string of the molecule is COc1cc2c[n+]3c(c(C)c2cc1OC)-c1cc2c(cc1CC3)OCO2.[Cl-]. The fourth-order valence-electron chi connectivity index (χ4n) is 4.09. The minimum atomic E-state index is 0. The summed E-state index contributed by atoms with van der Waals surface area (Å²) >= 11 is 0. The summed E-state index contributed by atoms with van der Waals surface area (Å²) in [6.07, 6.45) is 3.18. The van der Waals surface area contributed by atoms with Gasteiger partial charge in [-0.3, -0.25) is 0 Å². The van der Waals surface area contributed by atoms with Gasteiger partial charge in [-0.2, -0.15) is 4.57 Å². The zero-order chi connectivity index (χ0) is 17.8. The molecule has 3 heterocycles. The standard InChI is InChI=1S/C21H20NO4.ClH/c1-12-15-8-18(24-3)17(23-2)7-14(15)10-22-5-4-13-6-19-20(26-11-25-19)9-16(13)21(12)22;/h6-10H,4-5,11H2,1-3H3;1H/q+1;/p-1. The highest BCUT2D eigenvalue weighted by atomic mass is 35.5. The maximum Gasteiger partial charge on any atom is 0.231 e. The lowest BCUT2D eigenvalue weighted by Gasteiger charge is -2.19. The lowest BCUT2D eigenvalue weighted by atomic mass is 9.92. The van der Waals surface area contributed by atoms with Crippen LogP contribution in [0, 0.1) is 6.92 Å². The zero-order valence-corrected chi connectivity index (χ0v) is 16.2. The number of ether oxygens (including phenoxy) is 4. The van der Waals surface area contributed by atoms with Crippen molar-refractivity contribution in [2.24, 2.45) is 0 Å². The third-order valence-electron chi connectivity index (χ3n) is 5.37. The van der Waals surface area contributed by atoms with Crippen molar-refractivity contribution in [2.75, 3.05) is 21.0 Å². The first-order valence-corrected chi connectivity index (χ1v) is 8.71. The van der Waals surface area contributed by atoms with Crippen LogP contribution in [0.3, 0.4) is 0 Å². The first kappa shape index (κ1) is 17.7. The van der Waals surface area contributed by atoms with Crippen molar-refractivity contribution in [2.45, 2.75) is 19.9 Å². The predicted molar refractivity (Wildman–Crippen MR) is 97.2 cm³/mol. The maximum atomic E-state index is 5.61. The van der Waals surface area contributed by atoms with E-state index in [1.165, 1.54) is 27.8 Å². The van der Waals surface area contributed by atoms with Gasteiger partial charge in [0.1, 0.15) is 0 Å². The molecule has 0 spiro atoms. The van der Waals surface area contributed by atoms with Gasteiger partial charge in [0.05, 0.1) is 19.8 Å². The van der Waals surface area contributed by atoms with Crippen molar-refractivity contribution in [3.63, 3.8) is 0 Å². The molecule has 2 aliphatic rings. The number of fused-ring (bicyclic) bond motifs is 5. The molecular weight excluding hydrogens is 366 g/mol. The van der Waals surface area contributed by atoms with Crippen LogP contribution in [0.25, 0.3) is 22.0 Å². The van der Waals surface area contributed by atoms with Crippen molar-refractivity contribution in [3.8, 4) is 34.3 Å². The van der Waals surface area contributed by atoms with E-state index in [0.717, 1.165) is 41.3 Å². The van der Waals surface area contributed by atoms with Crippen LogP contribution in [0.1, 0.15) is 11.1 Å². The highest BCUT2D eigenvalue weighted by Crippen LogP contribution is 2.42. The van der Waals surface area contributed by atoms with E-state index in [1.807, 2.05) is 6.07 Å². The van der Waals surface area contributed by atoms with Gasteiger partial charge >= 0.3 is 0 Å². The lowest BCUT2D eigenvalue weighted by molar-refractivity contribution is -0.686. The topological polar surface area (TPSA) is 40.8 Å². The number of pyridine rings is 1. The quantitative estimate of drug-likeness (QED) is 0.599. The summed E-state index contributed by atoms with van der Waals surface area (Å²) in [5.41, 5.74) is 4.97. The van der Waals surface area contributed by atoms with Gasteiger partial charge in [0.15, 0.2) is 35.7 Å². The van der Waals surface area contributed by atoms with Crippen molar-refractivity contribution >= 4 is 10.8 Å². The number of rotatable bonds is 2. The third kappa shape index (κ3) is 2.57. The summed E-state index contributed by atoms with van der Waals surface area (Å²) in [4.78, 5) is 0. The number of benzene rings is 2. The van der Waals surface area contributed by atoms with Crippen LogP contribution in [-0.4, -0.2) is 21.0 Å². The van der Waals surface area contributed by atoms with Crippen molar-refractivity contribution < 1.29 is 35.9 Å². The van der Waals surface area contributed by atoms with Crippen LogP contribution in [-0.2, 0) is 13.0 Å². The van der Waals surface area contributed by atoms with Gasteiger partial charge in [-0.1, -0.05) is 0 Å². The van der Waals surface area contributed by atoms with Crippen molar-refractivity contribution in [1.82, 2.24) is 0 Å². The number of aryl methyl sites for hydroxylation is 3. The number of methoxy groups -OCH3 is 2. The maximum absolute atomic E-state index is 5.61. The lowest BCUT2D eigenvalue weighted by Crippen LogP contribution is -3.00. The largest absolute Gasteiger partial charge is 1.00 e. The summed E-state index contributed by atoms with van der Waals surface area (Å²) in [7, 11) is 3.34. The molecule has 0 bridgehead atoms. The summed E-state index contributed by atoms with van der Waals surface area (Å²) in [6.45, 7) is 3.40. The van der Waals surface area contributed by atoms with Crippen LogP contribution in [0.4, 0.5) is 0 Å². The molecule has 5 nitrogen and oxygen atoms in total. The molecule has 0 fully saturated rings. The molecule has 0 aliphatic carbocycles. The summed E-state index contributed by atoms with van der Waals surface area (Å²) in [5, 5.41) is 2.31. The fourth-order valence-corrected chi connectivity index (χ4v) is 4.09. The van der Waals surface area contributed by atoms with Crippen LogP contribution in [0.15, 0.2) is 30.5 Å². The molecule has 0 atom stereocenters. The van der Waals surface area contributed by atoms with E-state index < -0.39 is 0 Å². The van der Waals surface area contributed by atoms with E-state index in [4.69, 9.17) is 18.9 Å². The van der Waals surface area contributed by atoms with Gasteiger partial charge < -0.3 is 31.4 Å². The number of halogens is 1. The molecule has 0 saturated heterocycles. The van der Waals surface area contributed by atoms with Crippen LogP contribution in [0.5, 0.6) is 23.0 Å². The average molecular weight is 386 g/mol. The molecule has 0 saturated carbocycles. The van der Waals surface area contributed by atoms with Gasteiger partial charge in [0.25, 0.3) is 0 Å². The van der Waals surface area contributed by atoms with E-state index >= 15 is 0 Å². The molecule has 0 unspecified atom stereocenters. The van der Waals surface area contributed by atoms with E-state index in [0.29, 0.717) is 6.79 Å². The molecule has 140 valence electrons. The molecule has 0 amide bonds. The minimum absolute atomic E-state index is 0. The molecule has 2 aromatic carbocycles. The average Bonchev–Trinajstić information content (AvgIpc) is 3.12. The fraction of sp³-hybridized carbons (Fsp3) is 0.286. The van der Waals surface area contributed by atoms with Crippen molar-refractivity contribution in [3.05, 3.63) is 41.6 Å². The summed E-state index contributed by atoms with van der Waals surface area (Å²) in [6, 6.07) is 8.34. The third-order valence-corrected chi connectivity index (χ3v) is 5.37. The first-order valence-electron chi connectivity index (χ1n) is 8.71. The Labute approximate surface area is 163 Å². The predicted octanol–water partition coefficient (Wildman–Crippen LogP) is 0.409. The highest BCUT2D eigenvalue weighted by Gasteiger charge is 2.30. The summed E-state index contributed by atoms with van der Waals surface area (Å²) < 4.78 is 24.5. The minimum Gasteiger partial charge on any atom is -1.00 e. The van der Waals surface area contributed by atoms with Gasteiger partial charge in [-0.25, -0.2) is 0 Å². The number of aromatic nitrogens is 1. The molecule has 2 aliphatic heterocycles. The van der Waals surface area contributed by atoms with E-state index in [-0.39, 0.29) is 12.4 Å². The number of hydrogen-bond donors (Lipinski definition) is 0. The van der Waals surface area contributed by atoms with E-state index in [9.17, 15) is 0 Å². The van der Waals surface area contributed by atoms with Gasteiger partial charge in [-0.15, -0.1) is 0 Å². The molecule has 1 aromatic heterocycles. The number of hydrogen-bond acceptors (Lipinski definition) is 4. The second-order valence-corrected chi connectivity index (χ2v) is 6.70. The molecule has 27 heavy (non-hydrogen) atoms. The van der Waals surface area contributed by atoms with Crippen LogP contribution in [0.2, 0.25) is 0 Å². The monoisotopic (exact) mass is 385 g/mol. The molecule has 0 N–H and O–H groups in total. The second-order valence-electron chi connectivity index (χ2n) is 6.70. The van der Waals surface area contributed by atoms with Crippen molar-refractivity contribution in [1.29, 1.82) is 0 Å².